The molecule has 0 bridgehead atoms. The molecular weight excluding hydrogens is 343 g/mol. The highest BCUT2D eigenvalue weighted by atomic mass is 127. The molecule has 5 nitrogen and oxygen atoms in total. The van der Waals surface area contributed by atoms with Gasteiger partial charge < -0.3 is 15.2 Å². The molecule has 1 aromatic rings. The first-order valence-corrected chi connectivity index (χ1v) is 7.46. The topological polar surface area (TPSA) is 61.0 Å². The monoisotopic (exact) mass is 362 g/mol. The van der Waals surface area contributed by atoms with Crippen molar-refractivity contribution in [2.24, 2.45) is 0 Å². The fourth-order valence-electron chi connectivity index (χ4n) is 2.46. The van der Waals surface area contributed by atoms with Gasteiger partial charge >= 0.3 is 0 Å². The lowest BCUT2D eigenvalue weighted by Crippen LogP contribution is -2.42. The predicted molar refractivity (Wildman–Crippen MR) is 81.1 cm³/mol. The zero-order chi connectivity index (χ0) is 13.0. The Morgan fingerprint density at radius 1 is 1.61 bits per heavy atom. The number of nitrogens with zero attached hydrogens (tertiary/aromatic N) is 2. The van der Waals surface area contributed by atoms with E-state index in [1.54, 1.807) is 0 Å². The van der Waals surface area contributed by atoms with Gasteiger partial charge in [-0.3, -0.25) is 4.79 Å². The van der Waals surface area contributed by atoms with Crippen LogP contribution < -0.4 is 15.8 Å². The molecule has 6 heteroatoms. The minimum Gasteiger partial charge on any atom is -0.352 e. The van der Waals surface area contributed by atoms with E-state index in [1.807, 2.05) is 7.05 Å². The molecule has 1 atom stereocenters. The molecule has 18 heavy (non-hydrogen) atoms. The Balaban J connectivity index is 2.22. The Morgan fingerprint density at radius 3 is 3.22 bits per heavy atom. The Kier molecular flexibility index (Phi) is 4.99. The van der Waals surface area contributed by atoms with Crippen LogP contribution in [0, 0.1) is 3.57 Å². The highest BCUT2D eigenvalue weighted by Crippen LogP contribution is 2.26. The smallest absolute Gasteiger partial charge is 0.266 e. The highest BCUT2D eigenvalue weighted by Gasteiger charge is 2.25. The molecule has 2 N–H and O–H groups in total. The number of H-pyrrole nitrogens is 1. The fraction of sp³-hybridized carbons (Fsp3) is 0.667. The zero-order valence-electron chi connectivity index (χ0n) is 10.6. The van der Waals surface area contributed by atoms with Crippen LogP contribution in [0.3, 0.4) is 0 Å². The molecule has 1 fully saturated rings. The molecule has 1 aliphatic heterocycles. The van der Waals surface area contributed by atoms with Gasteiger partial charge in [-0.25, -0.2) is 4.98 Å². The van der Waals surface area contributed by atoms with Crippen LogP contribution in [0.4, 0.5) is 5.82 Å². The van der Waals surface area contributed by atoms with Crippen LogP contribution in [0.15, 0.2) is 11.1 Å². The molecule has 1 aliphatic rings. The van der Waals surface area contributed by atoms with Gasteiger partial charge in [-0.1, -0.05) is 0 Å². The Morgan fingerprint density at radius 2 is 2.44 bits per heavy atom. The molecule has 0 saturated carbocycles. The predicted octanol–water partition coefficient (Wildman–Crippen LogP) is 1.34. The minimum absolute atomic E-state index is 0.0430. The molecule has 100 valence electrons. The average Bonchev–Trinajstić information content (AvgIpc) is 2.40. The standard InChI is InChI=1S/C12H19IN4O/c1-14-6-5-9-4-2-3-7-17(9)11-10(13)12(18)16-8-15-11/h8-9,14H,2-7H2,1H3,(H,15,16,18). The van der Waals surface area contributed by atoms with Gasteiger partial charge in [-0.05, 0) is 61.9 Å². The van der Waals surface area contributed by atoms with Crippen molar-refractivity contribution in [1.82, 2.24) is 15.3 Å². The van der Waals surface area contributed by atoms with Crippen LogP contribution in [-0.4, -0.2) is 36.1 Å². The first-order valence-electron chi connectivity index (χ1n) is 6.38. The number of rotatable bonds is 4. The molecule has 1 saturated heterocycles. The van der Waals surface area contributed by atoms with Crippen LogP contribution in [-0.2, 0) is 0 Å². The maximum absolute atomic E-state index is 11.7. The summed E-state index contributed by atoms with van der Waals surface area (Å²) < 4.78 is 0.700. The third-order valence-corrected chi connectivity index (χ3v) is 4.38. The summed E-state index contributed by atoms with van der Waals surface area (Å²) in [6.07, 6.45) is 6.24. The second-order valence-electron chi connectivity index (χ2n) is 4.60. The van der Waals surface area contributed by atoms with Crippen molar-refractivity contribution in [3.8, 4) is 0 Å². The number of hydrogen-bond donors (Lipinski definition) is 2. The molecular formula is C12H19IN4O. The highest BCUT2D eigenvalue weighted by molar-refractivity contribution is 14.1. The van der Waals surface area contributed by atoms with E-state index in [2.05, 4.69) is 42.8 Å². The number of nitrogens with one attached hydrogen (secondary N) is 2. The lowest BCUT2D eigenvalue weighted by atomic mass is 9.99. The Hall–Kier alpha value is -0.630. The van der Waals surface area contributed by atoms with Crippen LogP contribution in [0.25, 0.3) is 0 Å². The zero-order valence-corrected chi connectivity index (χ0v) is 12.7. The van der Waals surface area contributed by atoms with Crippen molar-refractivity contribution in [2.45, 2.75) is 31.7 Å². The molecule has 1 aromatic heterocycles. The number of aromatic amines is 1. The van der Waals surface area contributed by atoms with Crippen LogP contribution in [0.1, 0.15) is 25.7 Å². The summed E-state index contributed by atoms with van der Waals surface area (Å²) in [4.78, 5) is 21.0. The summed E-state index contributed by atoms with van der Waals surface area (Å²) in [6.45, 7) is 2.00. The van der Waals surface area contributed by atoms with Gasteiger partial charge in [0, 0.05) is 12.6 Å². The summed E-state index contributed by atoms with van der Waals surface area (Å²) >= 11 is 2.09. The summed E-state index contributed by atoms with van der Waals surface area (Å²) in [5.74, 6) is 0.847. The van der Waals surface area contributed by atoms with Crippen molar-refractivity contribution in [3.05, 3.63) is 20.3 Å². The summed E-state index contributed by atoms with van der Waals surface area (Å²) in [5.41, 5.74) is -0.0430. The van der Waals surface area contributed by atoms with Crippen molar-refractivity contribution >= 4 is 28.4 Å². The van der Waals surface area contributed by atoms with Gasteiger partial charge in [0.05, 0.1) is 6.33 Å². The van der Waals surface area contributed by atoms with Crippen molar-refractivity contribution in [1.29, 1.82) is 0 Å². The van der Waals surface area contributed by atoms with E-state index in [1.165, 1.54) is 25.6 Å². The molecule has 0 radical (unpaired) electrons. The van der Waals surface area contributed by atoms with E-state index in [0.717, 1.165) is 25.3 Å². The Bertz CT molecular complexity index is 448. The lowest BCUT2D eigenvalue weighted by molar-refractivity contribution is 0.429. The molecule has 2 heterocycles. The molecule has 2 rings (SSSR count). The normalized spacial score (nSPS) is 20.1. The molecule has 1 unspecified atom stereocenters. The van der Waals surface area contributed by atoms with Gasteiger partial charge in [0.15, 0.2) is 0 Å². The Labute approximate surface area is 121 Å². The van der Waals surface area contributed by atoms with E-state index < -0.39 is 0 Å². The summed E-state index contributed by atoms with van der Waals surface area (Å²) in [7, 11) is 1.97. The molecule has 0 aliphatic carbocycles. The van der Waals surface area contributed by atoms with Crippen LogP contribution in [0.2, 0.25) is 0 Å². The first kappa shape index (κ1) is 13.8. The van der Waals surface area contributed by atoms with E-state index in [-0.39, 0.29) is 5.56 Å². The van der Waals surface area contributed by atoms with Gasteiger partial charge in [0.25, 0.3) is 5.56 Å². The van der Waals surface area contributed by atoms with E-state index in [0.29, 0.717) is 9.61 Å². The second-order valence-corrected chi connectivity index (χ2v) is 5.68. The minimum atomic E-state index is -0.0430. The molecule has 0 aromatic carbocycles. The summed E-state index contributed by atoms with van der Waals surface area (Å²) in [6, 6.07) is 0.494. The quantitative estimate of drug-likeness (QED) is 0.794. The van der Waals surface area contributed by atoms with Gasteiger partial charge in [0.1, 0.15) is 9.39 Å². The van der Waals surface area contributed by atoms with Crippen LogP contribution >= 0.6 is 22.6 Å². The van der Waals surface area contributed by atoms with Gasteiger partial charge in [-0.2, -0.15) is 0 Å². The summed E-state index contributed by atoms with van der Waals surface area (Å²) in [5, 5.41) is 3.20. The molecule has 0 amide bonds. The van der Waals surface area contributed by atoms with E-state index in [9.17, 15) is 4.79 Å². The first-order chi connectivity index (χ1) is 8.74. The third-order valence-electron chi connectivity index (χ3n) is 3.40. The van der Waals surface area contributed by atoms with Crippen LogP contribution in [0.5, 0.6) is 0 Å². The number of hydrogen-bond acceptors (Lipinski definition) is 4. The third kappa shape index (κ3) is 3.03. The second kappa shape index (κ2) is 6.51. The number of piperidine rings is 1. The van der Waals surface area contributed by atoms with Gasteiger partial charge in [-0.15, -0.1) is 0 Å². The van der Waals surface area contributed by atoms with Gasteiger partial charge in [0.2, 0.25) is 0 Å². The van der Waals surface area contributed by atoms with Crippen molar-refractivity contribution < 1.29 is 0 Å². The number of anilines is 1. The fourth-order valence-corrected chi connectivity index (χ4v) is 3.07. The molecule has 0 spiro atoms. The number of halogens is 1. The van der Waals surface area contributed by atoms with Crippen molar-refractivity contribution in [3.63, 3.8) is 0 Å². The van der Waals surface area contributed by atoms with Crippen molar-refractivity contribution in [2.75, 3.05) is 25.0 Å². The van der Waals surface area contributed by atoms with E-state index >= 15 is 0 Å². The number of aromatic nitrogens is 2. The van der Waals surface area contributed by atoms with E-state index in [4.69, 9.17) is 0 Å². The lowest BCUT2D eigenvalue weighted by Gasteiger charge is -2.37. The maximum atomic E-state index is 11.7. The average molecular weight is 362 g/mol. The largest absolute Gasteiger partial charge is 0.352 e. The maximum Gasteiger partial charge on any atom is 0.266 e. The SMILES string of the molecule is CNCCC1CCCCN1c1nc[nH]c(=O)c1I.